The Morgan fingerprint density at radius 2 is 1.50 bits per heavy atom. The number of benzene rings is 1. The van der Waals surface area contributed by atoms with Gasteiger partial charge in [-0.25, -0.2) is 0 Å². The average molecular weight is 1040 g/mol. The van der Waals surface area contributed by atoms with Crippen molar-refractivity contribution in [1.29, 1.82) is 0 Å². The van der Waals surface area contributed by atoms with Gasteiger partial charge in [-0.15, -0.1) is 0 Å². The second kappa shape index (κ2) is 22.0. The summed E-state index contributed by atoms with van der Waals surface area (Å²) in [4.78, 5) is 12.4. The first kappa shape index (κ1) is 54.9. The molecule has 1 aromatic carbocycles. The molecular formula is C56H83NO17. The molecule has 1 amide bonds. The van der Waals surface area contributed by atoms with Crippen molar-refractivity contribution in [3.63, 3.8) is 0 Å². The second-order valence-electron chi connectivity index (χ2n) is 23.9. The normalized spacial score (nSPS) is 50.2. The third-order valence-electron chi connectivity index (χ3n) is 19.6. The smallest absolute Gasteiger partial charge is 0.244 e. The Hall–Kier alpha value is -2.47. The summed E-state index contributed by atoms with van der Waals surface area (Å²) in [5, 5.41) is 80.8. The number of nitrogens with one attached hydrogen (secondary N) is 1. The summed E-state index contributed by atoms with van der Waals surface area (Å²) in [5.41, 5.74) is 2.35. The SMILES string of the molecule is C[C@H]1CC[C@@]2(OC1)O[C@H]1CC3[C@@H]4CC=C5C[C@@H](O[C@@H]6O[C@H](CO)[C@@H](O[C@H]7O[C@H](C)[C@@H](OCCNC(=O)/C=C/c8ccccc8)[C@H](O)[C@@H]7O)[C@H](O)[C@H]6O[C@H]6O[C@H](C)[C@@H](O)[C@H](O)[C@@H]6O)CC[C@]5(C)[C@H]4CC[C@]3(C)[C@H]1[C@@H]2C. The van der Waals surface area contributed by atoms with Gasteiger partial charge in [0.05, 0.1) is 44.2 Å². The lowest BCUT2D eigenvalue weighted by Gasteiger charge is -2.58. The maximum absolute atomic E-state index is 12.4. The number of rotatable bonds is 13. The molecule has 5 heterocycles. The lowest BCUT2D eigenvalue weighted by molar-refractivity contribution is -0.389. The number of amides is 1. The summed E-state index contributed by atoms with van der Waals surface area (Å²) < 4.78 is 57.0. The summed E-state index contributed by atoms with van der Waals surface area (Å²) >= 11 is 0. The van der Waals surface area contributed by atoms with Gasteiger partial charge < -0.3 is 83.7 Å². The predicted octanol–water partition coefficient (Wildman–Crippen LogP) is 3.10. The number of aliphatic hydroxyl groups is 7. The number of aliphatic hydroxyl groups excluding tert-OH is 7. The fourth-order valence-electron chi connectivity index (χ4n) is 15.4. The molecule has 9 aliphatic rings. The largest absolute Gasteiger partial charge is 0.394 e. The molecule has 414 valence electrons. The van der Waals surface area contributed by atoms with E-state index in [1.54, 1.807) is 13.0 Å². The van der Waals surface area contributed by atoms with Gasteiger partial charge in [0.1, 0.15) is 61.0 Å². The monoisotopic (exact) mass is 1040 g/mol. The van der Waals surface area contributed by atoms with Crippen molar-refractivity contribution >= 4 is 12.0 Å². The van der Waals surface area contributed by atoms with Crippen molar-refractivity contribution in [2.24, 2.45) is 46.3 Å². The number of carbonyl (C=O) groups is 1. The number of ether oxygens (including phenoxy) is 9. The van der Waals surface area contributed by atoms with Gasteiger partial charge in [0, 0.05) is 25.0 Å². The van der Waals surface area contributed by atoms with Crippen LogP contribution in [0.4, 0.5) is 0 Å². The van der Waals surface area contributed by atoms with Gasteiger partial charge in [0.15, 0.2) is 24.7 Å². The summed E-state index contributed by atoms with van der Waals surface area (Å²) in [6.07, 6.45) is -7.15. The zero-order chi connectivity index (χ0) is 52.4. The Morgan fingerprint density at radius 1 is 0.770 bits per heavy atom. The lowest BCUT2D eigenvalue weighted by atomic mass is 9.47. The zero-order valence-corrected chi connectivity index (χ0v) is 43.8. The molecule has 3 saturated carbocycles. The van der Waals surface area contributed by atoms with Crippen molar-refractivity contribution < 1.29 is 83.2 Å². The fraction of sp³-hybridized carbons (Fsp3) is 0.804. The van der Waals surface area contributed by atoms with Crippen LogP contribution in [-0.4, -0.2) is 178 Å². The van der Waals surface area contributed by atoms with Crippen molar-refractivity contribution in [1.82, 2.24) is 5.32 Å². The molecule has 5 saturated heterocycles. The van der Waals surface area contributed by atoms with Crippen LogP contribution in [0.3, 0.4) is 0 Å². The van der Waals surface area contributed by atoms with Crippen LogP contribution in [0.5, 0.6) is 0 Å². The minimum absolute atomic E-state index is 0.00864. The second-order valence-corrected chi connectivity index (χ2v) is 23.9. The number of allylic oxidation sites excluding steroid dienone is 1. The van der Waals surface area contributed by atoms with Gasteiger partial charge in [-0.05, 0) is 117 Å². The van der Waals surface area contributed by atoms with Crippen LogP contribution in [0.1, 0.15) is 105 Å². The average Bonchev–Trinajstić information content (AvgIpc) is 3.88. The molecule has 74 heavy (non-hydrogen) atoms. The predicted molar refractivity (Wildman–Crippen MR) is 265 cm³/mol. The minimum atomic E-state index is -1.73. The summed E-state index contributed by atoms with van der Waals surface area (Å²) in [5.74, 6) is 2.21. The Labute approximate surface area is 435 Å². The Balaban J connectivity index is 0.797. The van der Waals surface area contributed by atoms with E-state index in [0.717, 1.165) is 57.1 Å². The maximum atomic E-state index is 12.4. The van der Waals surface area contributed by atoms with Gasteiger partial charge in [-0.1, -0.05) is 69.7 Å². The molecule has 4 aliphatic carbocycles. The van der Waals surface area contributed by atoms with Crippen molar-refractivity contribution in [2.75, 3.05) is 26.4 Å². The van der Waals surface area contributed by atoms with E-state index >= 15 is 0 Å². The van der Waals surface area contributed by atoms with Crippen molar-refractivity contribution in [3.8, 4) is 0 Å². The quantitative estimate of drug-likeness (QED) is 0.0803. The molecule has 18 heteroatoms. The topological polar surface area (TPSA) is 254 Å². The Bertz CT molecular complexity index is 2140. The molecular weight excluding hydrogens is 959 g/mol. The molecule has 8 N–H and O–H groups in total. The standard InChI is InChI=1S/C56H83NO17/c1-28-16-21-56(67-27-28)29(2)41-38(74-56)25-37-35-14-13-33-24-34(17-19-54(33,5)36(35)18-20-55(37,41)6)70-53-50(73-51-45(63)43(61)42(60)30(3)68-51)47(65)49(39(26-58)71-53)72-52-46(64)44(62)48(31(4)69-52)66-23-22-57-40(59)15-12-32-10-8-7-9-11-32/h7-13,15,28-31,34-39,41-53,58,60-65H,14,16-27H2,1-6H3,(H,57,59)/b15-12+/t28-,29-,30+,31+,34-,35+,36-,37?,38-,39+,41-,42+,43-,44+,45-,46-,47-,48+,49+,50+,51+,52+,53+,54-,55-,56+/m0/s1. The first-order valence-corrected chi connectivity index (χ1v) is 27.6. The van der Waals surface area contributed by atoms with Crippen LogP contribution in [-0.2, 0) is 47.4 Å². The summed E-state index contributed by atoms with van der Waals surface area (Å²) in [6, 6.07) is 9.36. The van der Waals surface area contributed by atoms with Crippen LogP contribution >= 0.6 is 0 Å². The molecule has 8 fully saturated rings. The summed E-state index contributed by atoms with van der Waals surface area (Å²) in [6.45, 7) is 13.0. The first-order valence-electron chi connectivity index (χ1n) is 27.6. The summed E-state index contributed by atoms with van der Waals surface area (Å²) in [7, 11) is 0. The van der Waals surface area contributed by atoms with Gasteiger partial charge in [0.2, 0.25) is 5.91 Å². The van der Waals surface area contributed by atoms with Crippen LogP contribution in [0.25, 0.3) is 6.08 Å². The van der Waals surface area contributed by atoms with Crippen LogP contribution in [0, 0.1) is 46.3 Å². The highest BCUT2D eigenvalue weighted by molar-refractivity contribution is 5.91. The van der Waals surface area contributed by atoms with Crippen LogP contribution in [0.2, 0.25) is 0 Å². The van der Waals surface area contributed by atoms with E-state index in [4.69, 9.17) is 42.6 Å². The third kappa shape index (κ3) is 10.1. The lowest BCUT2D eigenvalue weighted by Crippen LogP contribution is -2.66. The number of hydrogen-bond acceptors (Lipinski definition) is 17. The molecule has 1 spiro atoms. The molecule has 10 rings (SSSR count). The molecule has 0 bridgehead atoms. The maximum Gasteiger partial charge on any atom is 0.244 e. The van der Waals surface area contributed by atoms with E-state index in [1.807, 2.05) is 30.3 Å². The molecule has 26 atom stereocenters. The van der Waals surface area contributed by atoms with Crippen LogP contribution < -0.4 is 5.32 Å². The van der Waals surface area contributed by atoms with Gasteiger partial charge >= 0.3 is 0 Å². The van der Waals surface area contributed by atoms with Gasteiger partial charge in [0.25, 0.3) is 0 Å². The van der Waals surface area contributed by atoms with Crippen molar-refractivity contribution in [3.05, 3.63) is 53.6 Å². The molecule has 0 radical (unpaired) electrons. The zero-order valence-electron chi connectivity index (χ0n) is 43.8. The first-order chi connectivity index (χ1) is 35.3. The van der Waals surface area contributed by atoms with Gasteiger partial charge in [-0.2, -0.15) is 0 Å². The van der Waals surface area contributed by atoms with Crippen LogP contribution in [0.15, 0.2) is 48.1 Å². The molecule has 1 aromatic rings. The number of carbonyl (C=O) groups excluding carboxylic acids is 1. The molecule has 1 unspecified atom stereocenters. The number of hydrogen-bond donors (Lipinski definition) is 8. The van der Waals surface area contributed by atoms with E-state index in [-0.39, 0.29) is 42.1 Å². The molecule has 5 aliphatic heterocycles. The van der Waals surface area contributed by atoms with E-state index < -0.39 is 105 Å². The van der Waals surface area contributed by atoms with E-state index in [9.17, 15) is 40.5 Å². The highest BCUT2D eigenvalue weighted by Gasteiger charge is 2.69. The van der Waals surface area contributed by atoms with E-state index in [1.165, 1.54) is 18.6 Å². The number of fused-ring (bicyclic) bond motifs is 7. The third-order valence-corrected chi connectivity index (χ3v) is 19.6. The molecule has 0 aromatic heterocycles. The molecule has 18 nitrogen and oxygen atoms in total. The fourth-order valence-corrected chi connectivity index (χ4v) is 15.4. The van der Waals surface area contributed by atoms with Crippen molar-refractivity contribution in [2.45, 2.75) is 209 Å². The Morgan fingerprint density at radius 3 is 2.23 bits per heavy atom. The highest BCUT2D eigenvalue weighted by Crippen LogP contribution is 2.70. The van der Waals surface area contributed by atoms with E-state index in [0.29, 0.717) is 48.3 Å². The minimum Gasteiger partial charge on any atom is -0.394 e. The highest BCUT2D eigenvalue weighted by atomic mass is 16.8. The van der Waals surface area contributed by atoms with Gasteiger partial charge in [-0.3, -0.25) is 4.79 Å². The van der Waals surface area contributed by atoms with E-state index in [2.05, 4.69) is 39.1 Å². The Kier molecular flexibility index (Phi) is 16.3.